The highest BCUT2D eigenvalue weighted by Crippen LogP contribution is 2.37. The van der Waals surface area contributed by atoms with Gasteiger partial charge in [-0.1, -0.05) is 13.0 Å². The molecule has 0 bridgehead atoms. The molecule has 6 heteroatoms. The van der Waals surface area contributed by atoms with Gasteiger partial charge in [0, 0.05) is 13.1 Å². The van der Waals surface area contributed by atoms with Crippen molar-refractivity contribution in [1.29, 1.82) is 0 Å². The van der Waals surface area contributed by atoms with Crippen molar-refractivity contribution in [1.82, 2.24) is 4.90 Å². The molecule has 1 saturated heterocycles. The summed E-state index contributed by atoms with van der Waals surface area (Å²) in [4.78, 5) is 2.13. The average Bonchev–Trinajstić information content (AvgIpc) is 2.38. The highest BCUT2D eigenvalue weighted by Gasteiger charge is 2.37. The SMILES string of the molecule is CCN1CCC(O)(c2ccc(C(F)(F)F)c(F)c2)CC1. The van der Waals surface area contributed by atoms with Crippen molar-refractivity contribution in [2.45, 2.75) is 31.5 Å². The Labute approximate surface area is 115 Å². The Morgan fingerprint density at radius 1 is 1.25 bits per heavy atom. The molecule has 1 aromatic rings. The normalized spacial score (nSPS) is 20.1. The first-order valence-electron chi connectivity index (χ1n) is 6.58. The third kappa shape index (κ3) is 2.96. The standard InChI is InChI=1S/C14H17F4NO/c1-2-19-7-5-13(20,6-8-19)10-3-4-11(12(15)9-10)14(16,17)18/h3-4,9,20H,2,5-8H2,1H3. The molecule has 2 nitrogen and oxygen atoms in total. The Morgan fingerprint density at radius 3 is 2.30 bits per heavy atom. The number of hydrogen-bond donors (Lipinski definition) is 1. The van der Waals surface area contributed by atoms with E-state index < -0.39 is 23.2 Å². The van der Waals surface area contributed by atoms with Crippen LogP contribution in [0.4, 0.5) is 17.6 Å². The van der Waals surface area contributed by atoms with E-state index in [0.717, 1.165) is 12.6 Å². The second-order valence-corrected chi connectivity index (χ2v) is 5.16. The molecule has 0 amide bonds. The molecular weight excluding hydrogens is 274 g/mol. The van der Waals surface area contributed by atoms with E-state index in [1.807, 2.05) is 6.92 Å². The molecule has 2 rings (SSSR count). The quantitative estimate of drug-likeness (QED) is 0.846. The van der Waals surface area contributed by atoms with Gasteiger partial charge in [-0.2, -0.15) is 13.2 Å². The minimum absolute atomic E-state index is 0.221. The van der Waals surface area contributed by atoms with Crippen molar-refractivity contribution in [3.8, 4) is 0 Å². The number of halogens is 4. The van der Waals surface area contributed by atoms with E-state index in [9.17, 15) is 22.7 Å². The Kier molecular flexibility index (Phi) is 4.07. The lowest BCUT2D eigenvalue weighted by molar-refractivity contribution is -0.140. The summed E-state index contributed by atoms with van der Waals surface area (Å²) in [6.07, 6.45) is -3.92. The molecular formula is C14H17F4NO. The molecule has 20 heavy (non-hydrogen) atoms. The van der Waals surface area contributed by atoms with Crippen LogP contribution in [0.3, 0.4) is 0 Å². The largest absolute Gasteiger partial charge is 0.419 e. The van der Waals surface area contributed by atoms with E-state index in [-0.39, 0.29) is 5.56 Å². The fraction of sp³-hybridized carbons (Fsp3) is 0.571. The Hall–Kier alpha value is -1.14. The van der Waals surface area contributed by atoms with Gasteiger partial charge in [0.1, 0.15) is 5.82 Å². The molecule has 1 aliphatic heterocycles. The van der Waals surface area contributed by atoms with E-state index in [1.54, 1.807) is 0 Å². The van der Waals surface area contributed by atoms with Gasteiger partial charge in [-0.25, -0.2) is 4.39 Å². The lowest BCUT2D eigenvalue weighted by atomic mass is 9.84. The monoisotopic (exact) mass is 291 g/mol. The fourth-order valence-electron chi connectivity index (χ4n) is 2.56. The number of nitrogens with zero attached hydrogens (tertiary/aromatic N) is 1. The molecule has 0 radical (unpaired) electrons. The minimum atomic E-state index is -4.71. The zero-order valence-corrected chi connectivity index (χ0v) is 11.2. The third-order valence-electron chi connectivity index (χ3n) is 3.94. The van der Waals surface area contributed by atoms with Crippen molar-refractivity contribution >= 4 is 0 Å². The number of alkyl halides is 3. The lowest BCUT2D eigenvalue weighted by Gasteiger charge is -2.38. The summed E-state index contributed by atoms with van der Waals surface area (Å²) in [6.45, 7) is 4.16. The Morgan fingerprint density at radius 2 is 1.85 bits per heavy atom. The van der Waals surface area contributed by atoms with Gasteiger partial charge in [0.05, 0.1) is 11.2 Å². The van der Waals surface area contributed by atoms with E-state index in [4.69, 9.17) is 0 Å². The first-order chi connectivity index (χ1) is 9.26. The molecule has 1 heterocycles. The maximum atomic E-state index is 13.6. The number of hydrogen-bond acceptors (Lipinski definition) is 2. The Balaban J connectivity index is 2.24. The summed E-state index contributed by atoms with van der Waals surface area (Å²) < 4.78 is 51.1. The number of rotatable bonds is 2. The highest BCUT2D eigenvalue weighted by atomic mass is 19.4. The maximum absolute atomic E-state index is 13.6. The van der Waals surface area contributed by atoms with Crippen LogP contribution >= 0.6 is 0 Å². The summed E-state index contributed by atoms with van der Waals surface area (Å²) in [6, 6.07) is 2.69. The molecule has 1 aliphatic rings. The van der Waals surface area contributed by atoms with Crippen LogP contribution in [0.5, 0.6) is 0 Å². The van der Waals surface area contributed by atoms with E-state index in [1.165, 1.54) is 6.07 Å². The topological polar surface area (TPSA) is 23.5 Å². The van der Waals surface area contributed by atoms with Gasteiger partial charge in [0.25, 0.3) is 0 Å². The molecule has 0 atom stereocenters. The van der Waals surface area contributed by atoms with Gasteiger partial charge in [-0.05, 0) is 37.1 Å². The molecule has 1 aromatic carbocycles. The first kappa shape index (κ1) is 15.3. The summed E-state index contributed by atoms with van der Waals surface area (Å²) in [5.74, 6) is -1.33. The van der Waals surface area contributed by atoms with E-state index in [0.29, 0.717) is 32.0 Å². The lowest BCUT2D eigenvalue weighted by Crippen LogP contribution is -2.42. The molecule has 0 aliphatic carbocycles. The molecule has 0 unspecified atom stereocenters. The van der Waals surface area contributed by atoms with Gasteiger partial charge in [0.2, 0.25) is 0 Å². The van der Waals surface area contributed by atoms with E-state index >= 15 is 0 Å². The Bertz CT molecular complexity index is 479. The summed E-state index contributed by atoms with van der Waals surface area (Å²) in [5, 5.41) is 10.5. The van der Waals surface area contributed by atoms with Crippen LogP contribution in [0.25, 0.3) is 0 Å². The van der Waals surface area contributed by atoms with Gasteiger partial charge in [-0.15, -0.1) is 0 Å². The van der Waals surface area contributed by atoms with Crippen LogP contribution in [0, 0.1) is 5.82 Å². The van der Waals surface area contributed by atoms with Crippen LogP contribution in [-0.4, -0.2) is 29.6 Å². The smallest absolute Gasteiger partial charge is 0.385 e. The molecule has 112 valence electrons. The molecule has 0 spiro atoms. The van der Waals surface area contributed by atoms with Crippen molar-refractivity contribution in [2.75, 3.05) is 19.6 Å². The van der Waals surface area contributed by atoms with Crippen LogP contribution in [0.15, 0.2) is 18.2 Å². The maximum Gasteiger partial charge on any atom is 0.419 e. The number of benzene rings is 1. The first-order valence-corrected chi connectivity index (χ1v) is 6.58. The summed E-state index contributed by atoms with van der Waals surface area (Å²) in [7, 11) is 0. The highest BCUT2D eigenvalue weighted by molar-refractivity contribution is 5.30. The summed E-state index contributed by atoms with van der Waals surface area (Å²) in [5.41, 5.74) is -2.31. The second-order valence-electron chi connectivity index (χ2n) is 5.16. The van der Waals surface area contributed by atoms with Gasteiger partial charge >= 0.3 is 6.18 Å². The van der Waals surface area contributed by atoms with Crippen molar-refractivity contribution in [3.05, 3.63) is 35.1 Å². The molecule has 1 fully saturated rings. The molecule has 0 aromatic heterocycles. The number of piperidine rings is 1. The predicted molar refractivity (Wildman–Crippen MR) is 66.6 cm³/mol. The van der Waals surface area contributed by atoms with Crippen molar-refractivity contribution < 1.29 is 22.7 Å². The van der Waals surface area contributed by atoms with Crippen molar-refractivity contribution in [2.24, 2.45) is 0 Å². The van der Waals surface area contributed by atoms with E-state index in [2.05, 4.69) is 4.90 Å². The van der Waals surface area contributed by atoms with Gasteiger partial charge in [0.15, 0.2) is 0 Å². The van der Waals surface area contributed by atoms with Crippen LogP contribution < -0.4 is 0 Å². The fourth-order valence-corrected chi connectivity index (χ4v) is 2.56. The average molecular weight is 291 g/mol. The molecule has 0 saturated carbocycles. The summed E-state index contributed by atoms with van der Waals surface area (Å²) >= 11 is 0. The van der Waals surface area contributed by atoms with Gasteiger partial charge < -0.3 is 10.0 Å². The van der Waals surface area contributed by atoms with Crippen LogP contribution in [0.1, 0.15) is 30.9 Å². The number of aliphatic hydroxyl groups is 1. The van der Waals surface area contributed by atoms with Crippen LogP contribution in [-0.2, 0) is 11.8 Å². The second kappa shape index (κ2) is 5.33. The number of likely N-dealkylation sites (tertiary alicyclic amines) is 1. The zero-order valence-electron chi connectivity index (χ0n) is 11.2. The molecule has 1 N–H and O–H groups in total. The predicted octanol–water partition coefficient (Wildman–Crippen LogP) is 3.15. The van der Waals surface area contributed by atoms with Crippen molar-refractivity contribution in [3.63, 3.8) is 0 Å². The zero-order chi connectivity index (χ0) is 15.0. The third-order valence-corrected chi connectivity index (χ3v) is 3.94. The minimum Gasteiger partial charge on any atom is -0.385 e. The van der Waals surface area contributed by atoms with Gasteiger partial charge in [-0.3, -0.25) is 0 Å². The van der Waals surface area contributed by atoms with Crippen LogP contribution in [0.2, 0.25) is 0 Å².